The van der Waals surface area contributed by atoms with Gasteiger partial charge in [-0.25, -0.2) is 19.7 Å². The summed E-state index contributed by atoms with van der Waals surface area (Å²) in [5.41, 5.74) is 2.32. The summed E-state index contributed by atoms with van der Waals surface area (Å²) in [7, 11) is 0. The highest BCUT2D eigenvalue weighted by Gasteiger charge is 2.30. The fraction of sp³-hybridized carbons (Fsp3) is 0.538. The number of rotatable bonds is 3. The number of carbonyl (C=O) groups is 1. The molecule has 1 N–H and O–H groups in total. The molecule has 1 amide bonds. The van der Waals surface area contributed by atoms with Crippen molar-refractivity contribution in [3.8, 4) is 11.4 Å². The topological polar surface area (TPSA) is 96.5 Å². The van der Waals surface area contributed by atoms with Gasteiger partial charge in [0, 0.05) is 60.7 Å². The van der Waals surface area contributed by atoms with Gasteiger partial charge in [-0.2, -0.15) is 0 Å². The molecule has 2 fully saturated rings. The predicted molar refractivity (Wildman–Crippen MR) is 135 cm³/mol. The van der Waals surface area contributed by atoms with E-state index in [9.17, 15) is 4.79 Å². The summed E-state index contributed by atoms with van der Waals surface area (Å²) in [6.45, 7) is 11.3. The molecule has 0 aromatic carbocycles. The van der Waals surface area contributed by atoms with Gasteiger partial charge < -0.3 is 24.3 Å². The van der Waals surface area contributed by atoms with Crippen molar-refractivity contribution in [2.45, 2.75) is 58.1 Å². The summed E-state index contributed by atoms with van der Waals surface area (Å²) >= 11 is 0. The van der Waals surface area contributed by atoms with Gasteiger partial charge in [0.1, 0.15) is 17.1 Å². The van der Waals surface area contributed by atoms with Crippen molar-refractivity contribution in [3.63, 3.8) is 0 Å². The Balaban J connectivity index is 1.46. The molecule has 0 bridgehead atoms. The number of fused-ring (bicyclic) bond motifs is 1. The number of hydrogen-bond donors (Lipinski definition) is 1. The molecule has 5 rings (SSSR count). The standard InChI is InChI=1S/C26H34N6O3/c1-17-16-34-14-13-32(17)22-15-21(18-7-11-31(12-8-18)25(33)35-26(2,3)4)29-24(30-22)20-6-10-28-23-19(20)5-9-27-23/h5-6,9-10,15,17-18H,7-8,11-14,16H2,1-4H3,(H,27,28). The third-order valence-electron chi connectivity index (χ3n) is 6.66. The highest BCUT2D eigenvalue weighted by molar-refractivity contribution is 5.91. The van der Waals surface area contributed by atoms with E-state index >= 15 is 0 Å². The van der Waals surface area contributed by atoms with Crippen LogP contribution in [0.15, 0.2) is 30.6 Å². The number of morpholine rings is 1. The van der Waals surface area contributed by atoms with E-state index < -0.39 is 5.60 Å². The van der Waals surface area contributed by atoms with E-state index in [0.717, 1.165) is 47.5 Å². The van der Waals surface area contributed by atoms with Crippen molar-refractivity contribution in [2.75, 3.05) is 37.7 Å². The minimum atomic E-state index is -0.493. The Bertz CT molecular complexity index is 1200. The highest BCUT2D eigenvalue weighted by Crippen LogP contribution is 2.33. The molecular formula is C26H34N6O3. The molecule has 0 spiro atoms. The second-order valence-electron chi connectivity index (χ2n) is 10.4. The Hall–Kier alpha value is -3.20. The number of anilines is 1. The number of carbonyl (C=O) groups excluding carboxylic acids is 1. The van der Waals surface area contributed by atoms with Crippen LogP contribution in [-0.4, -0.2) is 75.4 Å². The van der Waals surface area contributed by atoms with E-state index in [2.05, 4.69) is 27.9 Å². The first kappa shape index (κ1) is 23.5. The quantitative estimate of drug-likeness (QED) is 0.597. The van der Waals surface area contributed by atoms with E-state index in [1.807, 2.05) is 39.1 Å². The molecule has 3 aromatic heterocycles. The zero-order valence-electron chi connectivity index (χ0n) is 21.0. The molecule has 0 saturated carbocycles. The van der Waals surface area contributed by atoms with Crippen LogP contribution in [0.2, 0.25) is 0 Å². The molecular weight excluding hydrogens is 444 g/mol. The Kier molecular flexibility index (Phi) is 6.35. The second-order valence-corrected chi connectivity index (χ2v) is 10.4. The van der Waals surface area contributed by atoms with Gasteiger partial charge in [0.05, 0.1) is 19.3 Å². The summed E-state index contributed by atoms with van der Waals surface area (Å²) in [4.78, 5) is 34.3. The van der Waals surface area contributed by atoms with Crippen LogP contribution in [0.5, 0.6) is 0 Å². The van der Waals surface area contributed by atoms with Gasteiger partial charge >= 0.3 is 6.09 Å². The molecule has 1 unspecified atom stereocenters. The summed E-state index contributed by atoms with van der Waals surface area (Å²) in [6, 6.07) is 6.36. The van der Waals surface area contributed by atoms with Crippen molar-refractivity contribution >= 4 is 22.9 Å². The first-order chi connectivity index (χ1) is 16.8. The van der Waals surface area contributed by atoms with Gasteiger partial charge in [-0.15, -0.1) is 0 Å². The predicted octanol–water partition coefficient (Wildman–Crippen LogP) is 4.36. The number of amides is 1. The van der Waals surface area contributed by atoms with Crippen molar-refractivity contribution in [2.24, 2.45) is 0 Å². The number of nitrogens with zero attached hydrogens (tertiary/aromatic N) is 5. The van der Waals surface area contributed by atoms with Gasteiger partial charge in [-0.3, -0.25) is 0 Å². The van der Waals surface area contributed by atoms with Crippen LogP contribution in [-0.2, 0) is 9.47 Å². The third kappa shape index (κ3) is 5.10. The first-order valence-electron chi connectivity index (χ1n) is 12.4. The SMILES string of the molecule is CC1COCCN1c1cc(C2CCN(C(=O)OC(C)(C)C)CC2)nc(-c2ccnc3[nH]ccc23)n1. The lowest BCUT2D eigenvalue weighted by Crippen LogP contribution is -2.44. The minimum absolute atomic E-state index is 0.234. The molecule has 5 heterocycles. The Labute approximate surface area is 205 Å². The monoisotopic (exact) mass is 478 g/mol. The second kappa shape index (κ2) is 9.45. The molecule has 35 heavy (non-hydrogen) atoms. The summed E-state index contributed by atoms with van der Waals surface area (Å²) in [5.74, 6) is 1.88. The average molecular weight is 479 g/mol. The number of nitrogens with one attached hydrogen (secondary N) is 1. The van der Waals surface area contributed by atoms with Gasteiger partial charge in [0.25, 0.3) is 0 Å². The van der Waals surface area contributed by atoms with E-state index in [0.29, 0.717) is 32.1 Å². The Morgan fingerprint density at radius 3 is 2.71 bits per heavy atom. The Morgan fingerprint density at radius 2 is 1.97 bits per heavy atom. The normalized spacial score (nSPS) is 19.8. The molecule has 0 aliphatic carbocycles. The molecule has 1 atom stereocenters. The summed E-state index contributed by atoms with van der Waals surface area (Å²) in [5, 5.41) is 1.00. The molecule has 3 aromatic rings. The van der Waals surface area contributed by atoms with Crippen LogP contribution in [0, 0.1) is 0 Å². The third-order valence-corrected chi connectivity index (χ3v) is 6.66. The van der Waals surface area contributed by atoms with Crippen LogP contribution in [0.4, 0.5) is 10.6 Å². The minimum Gasteiger partial charge on any atom is -0.444 e. The molecule has 2 aliphatic heterocycles. The van der Waals surface area contributed by atoms with Crippen molar-refractivity contribution in [1.82, 2.24) is 24.8 Å². The molecule has 9 heteroatoms. The van der Waals surface area contributed by atoms with Crippen molar-refractivity contribution in [1.29, 1.82) is 0 Å². The number of aromatic amines is 1. The van der Waals surface area contributed by atoms with Gasteiger partial charge in [-0.05, 0) is 52.7 Å². The van der Waals surface area contributed by atoms with E-state index in [1.165, 1.54) is 0 Å². The number of pyridine rings is 1. The van der Waals surface area contributed by atoms with Crippen LogP contribution >= 0.6 is 0 Å². The maximum Gasteiger partial charge on any atom is 0.410 e. The molecule has 186 valence electrons. The van der Waals surface area contributed by atoms with Gasteiger partial charge in [0.2, 0.25) is 0 Å². The molecule has 2 aliphatic rings. The van der Waals surface area contributed by atoms with Gasteiger partial charge in [0.15, 0.2) is 5.82 Å². The van der Waals surface area contributed by atoms with Crippen molar-refractivity contribution < 1.29 is 14.3 Å². The number of piperidine rings is 1. The number of H-pyrrole nitrogens is 1. The molecule has 2 saturated heterocycles. The number of aromatic nitrogens is 4. The largest absolute Gasteiger partial charge is 0.444 e. The summed E-state index contributed by atoms with van der Waals surface area (Å²) < 4.78 is 11.2. The van der Waals surface area contributed by atoms with Crippen LogP contribution in [0.1, 0.15) is 52.1 Å². The lowest BCUT2D eigenvalue weighted by Gasteiger charge is -2.36. The number of hydrogen-bond acceptors (Lipinski definition) is 7. The number of likely N-dealkylation sites (tertiary alicyclic amines) is 1. The Morgan fingerprint density at radius 1 is 1.17 bits per heavy atom. The maximum atomic E-state index is 12.5. The lowest BCUT2D eigenvalue weighted by molar-refractivity contribution is 0.0204. The highest BCUT2D eigenvalue weighted by atomic mass is 16.6. The lowest BCUT2D eigenvalue weighted by atomic mass is 9.93. The summed E-state index contributed by atoms with van der Waals surface area (Å²) in [6.07, 6.45) is 5.12. The molecule has 9 nitrogen and oxygen atoms in total. The number of ether oxygens (including phenoxy) is 2. The van der Waals surface area contributed by atoms with Crippen molar-refractivity contribution in [3.05, 3.63) is 36.3 Å². The van der Waals surface area contributed by atoms with E-state index in [4.69, 9.17) is 19.4 Å². The van der Waals surface area contributed by atoms with Gasteiger partial charge in [-0.1, -0.05) is 0 Å². The molecule has 0 radical (unpaired) electrons. The fourth-order valence-corrected chi connectivity index (χ4v) is 4.84. The smallest absolute Gasteiger partial charge is 0.410 e. The van der Waals surface area contributed by atoms with E-state index in [-0.39, 0.29) is 18.1 Å². The fourth-order valence-electron chi connectivity index (χ4n) is 4.84. The zero-order chi connectivity index (χ0) is 24.6. The van der Waals surface area contributed by atoms with E-state index in [1.54, 1.807) is 11.1 Å². The van der Waals surface area contributed by atoms with Crippen LogP contribution in [0.25, 0.3) is 22.4 Å². The van der Waals surface area contributed by atoms with Crippen LogP contribution in [0.3, 0.4) is 0 Å². The average Bonchev–Trinajstić information content (AvgIpc) is 3.32. The van der Waals surface area contributed by atoms with Crippen LogP contribution < -0.4 is 4.90 Å². The first-order valence-corrected chi connectivity index (χ1v) is 12.4. The zero-order valence-corrected chi connectivity index (χ0v) is 21.0. The maximum absolute atomic E-state index is 12.5.